The van der Waals surface area contributed by atoms with E-state index in [1.54, 1.807) is 60.8 Å². The molecule has 1 aliphatic rings. The molecule has 9 heteroatoms. The third kappa shape index (κ3) is 4.02. The van der Waals surface area contributed by atoms with Crippen LogP contribution < -0.4 is 5.32 Å². The molecule has 1 aliphatic heterocycles. The molecule has 0 atom stereocenters. The highest BCUT2D eigenvalue weighted by Gasteiger charge is 2.36. The molecular weight excluding hydrogens is 452 g/mol. The quantitative estimate of drug-likeness (QED) is 0.425. The van der Waals surface area contributed by atoms with Gasteiger partial charge in [0, 0.05) is 16.0 Å². The molecule has 0 fully saturated rings. The van der Waals surface area contributed by atoms with Gasteiger partial charge in [0.05, 0.1) is 17.7 Å². The van der Waals surface area contributed by atoms with E-state index in [1.807, 2.05) is 0 Å². The first-order valence-electron chi connectivity index (χ1n) is 9.70. The summed E-state index contributed by atoms with van der Waals surface area (Å²) in [6, 6.07) is 13.3. The Hall–Kier alpha value is -3.49. The highest BCUT2D eigenvalue weighted by molar-refractivity contribution is 7.15. The molecule has 3 amide bonds. The van der Waals surface area contributed by atoms with Gasteiger partial charge in [0.1, 0.15) is 17.1 Å². The summed E-state index contributed by atoms with van der Waals surface area (Å²) in [7, 11) is 0. The standard InChI is InChI=1S/C23H17ClN2O5S/c1-2-31-23(30)19-17(13-7-9-14(24)10-8-13)12-32-20(19)25-18(27)11-26-21(28)15-5-3-4-6-16(15)22(26)29/h3-10,12H,2,11H2,1H3,(H,25,27). The Morgan fingerprint density at radius 3 is 2.22 bits per heavy atom. The smallest absolute Gasteiger partial charge is 0.341 e. The van der Waals surface area contributed by atoms with Crippen molar-refractivity contribution in [2.24, 2.45) is 0 Å². The Morgan fingerprint density at radius 1 is 1.00 bits per heavy atom. The van der Waals surface area contributed by atoms with Crippen molar-refractivity contribution in [2.45, 2.75) is 6.92 Å². The van der Waals surface area contributed by atoms with Crippen LogP contribution in [0.15, 0.2) is 53.9 Å². The number of benzene rings is 2. The van der Waals surface area contributed by atoms with E-state index in [0.717, 1.165) is 21.8 Å². The van der Waals surface area contributed by atoms with Crippen molar-refractivity contribution in [3.05, 3.63) is 75.6 Å². The highest BCUT2D eigenvalue weighted by Crippen LogP contribution is 2.36. The summed E-state index contributed by atoms with van der Waals surface area (Å²) >= 11 is 7.11. The van der Waals surface area contributed by atoms with Crippen LogP contribution in [-0.4, -0.2) is 41.7 Å². The number of halogens is 1. The van der Waals surface area contributed by atoms with Gasteiger partial charge in [0.2, 0.25) is 5.91 Å². The van der Waals surface area contributed by atoms with Gasteiger partial charge in [-0.05, 0) is 36.8 Å². The predicted molar refractivity (Wildman–Crippen MR) is 121 cm³/mol. The molecule has 1 N–H and O–H groups in total. The zero-order valence-electron chi connectivity index (χ0n) is 16.9. The molecule has 0 aliphatic carbocycles. The minimum Gasteiger partial charge on any atom is -0.462 e. The summed E-state index contributed by atoms with van der Waals surface area (Å²) in [4.78, 5) is 51.3. The third-order valence-corrected chi connectivity index (χ3v) is 6.01. The molecule has 2 aromatic carbocycles. The van der Waals surface area contributed by atoms with Crippen LogP contribution in [0.25, 0.3) is 11.1 Å². The van der Waals surface area contributed by atoms with E-state index in [0.29, 0.717) is 10.6 Å². The molecule has 3 aromatic rings. The van der Waals surface area contributed by atoms with Gasteiger partial charge in [0.25, 0.3) is 11.8 Å². The Balaban J connectivity index is 1.58. The van der Waals surface area contributed by atoms with Crippen LogP contribution in [0, 0.1) is 0 Å². The number of rotatable bonds is 6. The molecule has 0 unspecified atom stereocenters. The molecule has 4 rings (SSSR count). The molecule has 0 saturated heterocycles. The minimum atomic E-state index is -0.602. The van der Waals surface area contributed by atoms with Crippen molar-refractivity contribution in [1.29, 1.82) is 0 Å². The van der Waals surface area contributed by atoms with Crippen molar-refractivity contribution in [2.75, 3.05) is 18.5 Å². The molecule has 0 bridgehead atoms. The van der Waals surface area contributed by atoms with Crippen LogP contribution in [0.3, 0.4) is 0 Å². The van der Waals surface area contributed by atoms with Gasteiger partial charge < -0.3 is 10.1 Å². The van der Waals surface area contributed by atoms with Crippen LogP contribution >= 0.6 is 22.9 Å². The van der Waals surface area contributed by atoms with E-state index >= 15 is 0 Å². The number of thiophene rings is 1. The largest absolute Gasteiger partial charge is 0.462 e. The second kappa shape index (κ2) is 8.94. The average Bonchev–Trinajstić information content (AvgIpc) is 3.30. The first-order chi connectivity index (χ1) is 15.4. The van der Waals surface area contributed by atoms with Gasteiger partial charge >= 0.3 is 5.97 Å². The second-order valence-electron chi connectivity index (χ2n) is 6.87. The van der Waals surface area contributed by atoms with Crippen LogP contribution in [0.1, 0.15) is 38.0 Å². The van der Waals surface area contributed by atoms with Crippen LogP contribution in [0.5, 0.6) is 0 Å². The Labute approximate surface area is 192 Å². The summed E-state index contributed by atoms with van der Waals surface area (Å²) in [6.07, 6.45) is 0. The number of anilines is 1. The van der Waals surface area contributed by atoms with E-state index < -0.39 is 30.2 Å². The second-order valence-corrected chi connectivity index (χ2v) is 8.19. The molecule has 1 aromatic heterocycles. The van der Waals surface area contributed by atoms with Crippen molar-refractivity contribution >= 4 is 51.6 Å². The van der Waals surface area contributed by atoms with E-state index in [-0.39, 0.29) is 28.3 Å². The summed E-state index contributed by atoms with van der Waals surface area (Å²) in [5.74, 6) is -2.25. The summed E-state index contributed by atoms with van der Waals surface area (Å²) < 4.78 is 5.18. The number of esters is 1. The lowest BCUT2D eigenvalue weighted by Gasteiger charge is -2.14. The fraction of sp³-hybridized carbons (Fsp3) is 0.130. The van der Waals surface area contributed by atoms with E-state index in [1.165, 1.54) is 0 Å². The van der Waals surface area contributed by atoms with Crippen molar-refractivity contribution in [1.82, 2.24) is 4.90 Å². The number of carbonyl (C=O) groups excluding carboxylic acids is 4. The molecule has 0 saturated carbocycles. The summed E-state index contributed by atoms with van der Waals surface area (Å²) in [6.45, 7) is 1.38. The van der Waals surface area contributed by atoms with Gasteiger partial charge in [0.15, 0.2) is 0 Å². The summed E-state index contributed by atoms with van der Waals surface area (Å²) in [5, 5.41) is 5.21. The predicted octanol–water partition coefficient (Wildman–Crippen LogP) is 4.48. The van der Waals surface area contributed by atoms with Gasteiger partial charge in [-0.25, -0.2) is 4.79 Å². The van der Waals surface area contributed by atoms with Crippen LogP contribution in [0.2, 0.25) is 5.02 Å². The van der Waals surface area contributed by atoms with Gasteiger partial charge in [-0.2, -0.15) is 0 Å². The van der Waals surface area contributed by atoms with Crippen molar-refractivity contribution < 1.29 is 23.9 Å². The highest BCUT2D eigenvalue weighted by atomic mass is 35.5. The first-order valence-corrected chi connectivity index (χ1v) is 11.0. The average molecular weight is 469 g/mol. The van der Waals surface area contributed by atoms with Crippen molar-refractivity contribution in [3.63, 3.8) is 0 Å². The molecule has 0 radical (unpaired) electrons. The molecule has 2 heterocycles. The number of ether oxygens (including phenoxy) is 1. The van der Waals surface area contributed by atoms with Crippen molar-refractivity contribution in [3.8, 4) is 11.1 Å². The van der Waals surface area contributed by atoms with Gasteiger partial charge in [-0.15, -0.1) is 11.3 Å². The van der Waals surface area contributed by atoms with Crippen LogP contribution in [-0.2, 0) is 9.53 Å². The van der Waals surface area contributed by atoms with E-state index in [2.05, 4.69) is 5.32 Å². The number of amides is 3. The van der Waals surface area contributed by atoms with E-state index in [9.17, 15) is 19.2 Å². The minimum absolute atomic E-state index is 0.164. The number of carbonyl (C=O) groups is 4. The number of fused-ring (bicyclic) bond motifs is 1. The lowest BCUT2D eigenvalue weighted by atomic mass is 10.0. The van der Waals surface area contributed by atoms with Gasteiger partial charge in [-0.1, -0.05) is 35.9 Å². The first kappa shape index (κ1) is 21.7. The third-order valence-electron chi connectivity index (χ3n) is 4.86. The summed E-state index contributed by atoms with van der Waals surface area (Å²) in [5.41, 5.74) is 2.04. The monoisotopic (exact) mass is 468 g/mol. The molecule has 7 nitrogen and oxygen atoms in total. The molecule has 0 spiro atoms. The zero-order valence-corrected chi connectivity index (χ0v) is 18.5. The maximum atomic E-state index is 12.7. The molecular formula is C23H17ClN2O5S. The Morgan fingerprint density at radius 2 is 1.62 bits per heavy atom. The number of nitrogens with zero attached hydrogens (tertiary/aromatic N) is 1. The topological polar surface area (TPSA) is 92.8 Å². The number of hydrogen-bond donors (Lipinski definition) is 1. The fourth-order valence-electron chi connectivity index (χ4n) is 3.39. The number of nitrogens with one attached hydrogen (secondary N) is 1. The van der Waals surface area contributed by atoms with E-state index in [4.69, 9.17) is 16.3 Å². The van der Waals surface area contributed by atoms with Gasteiger partial charge in [-0.3, -0.25) is 19.3 Å². The number of hydrogen-bond acceptors (Lipinski definition) is 6. The SMILES string of the molecule is CCOC(=O)c1c(-c2ccc(Cl)cc2)csc1NC(=O)CN1C(=O)c2ccccc2C1=O. The Kier molecular flexibility index (Phi) is 6.07. The lowest BCUT2D eigenvalue weighted by Crippen LogP contribution is -2.37. The fourth-order valence-corrected chi connectivity index (χ4v) is 4.49. The zero-order chi connectivity index (χ0) is 22.8. The molecule has 32 heavy (non-hydrogen) atoms. The normalized spacial score (nSPS) is 12.6. The lowest BCUT2D eigenvalue weighted by molar-refractivity contribution is -0.116. The van der Waals surface area contributed by atoms with Crippen LogP contribution in [0.4, 0.5) is 5.00 Å². The maximum absolute atomic E-state index is 12.7. The molecule has 162 valence electrons. The number of imide groups is 1. The maximum Gasteiger partial charge on any atom is 0.341 e. The Bertz CT molecular complexity index is 1200.